The number of aliphatic hydroxyl groups is 7. The van der Waals surface area contributed by atoms with Crippen molar-refractivity contribution in [2.75, 3.05) is 20.3 Å². The zero-order valence-electron chi connectivity index (χ0n) is 27.6. The molecular formula is C32H44O17. The molecule has 3 saturated heterocycles. The van der Waals surface area contributed by atoms with Crippen molar-refractivity contribution in [3.8, 4) is 0 Å². The second-order valence-corrected chi connectivity index (χ2v) is 15.1. The maximum Gasteiger partial charge on any atom is 0.348 e. The number of hydrogen-bond acceptors (Lipinski definition) is 17. The van der Waals surface area contributed by atoms with E-state index in [-0.39, 0.29) is 18.8 Å². The van der Waals surface area contributed by atoms with Crippen molar-refractivity contribution in [2.24, 2.45) is 34.5 Å². The number of carbonyl (C=O) groups is 4. The first-order valence-corrected chi connectivity index (χ1v) is 16.2. The van der Waals surface area contributed by atoms with Crippen LogP contribution in [0.3, 0.4) is 0 Å². The summed E-state index contributed by atoms with van der Waals surface area (Å²) in [6, 6.07) is 0. The monoisotopic (exact) mass is 700 g/mol. The fraction of sp³-hybridized carbons (Fsp3) is 0.812. The van der Waals surface area contributed by atoms with Crippen LogP contribution in [0.1, 0.15) is 40.5 Å². The van der Waals surface area contributed by atoms with Crippen LogP contribution in [0.25, 0.3) is 0 Å². The van der Waals surface area contributed by atoms with Gasteiger partial charge in [0.15, 0.2) is 11.5 Å². The summed E-state index contributed by atoms with van der Waals surface area (Å²) in [5.41, 5.74) is -6.75. The average molecular weight is 701 g/mol. The van der Waals surface area contributed by atoms with Crippen LogP contribution in [0, 0.1) is 34.5 Å². The van der Waals surface area contributed by atoms with Crippen LogP contribution in [0.5, 0.6) is 0 Å². The molecule has 4 unspecified atom stereocenters. The minimum Gasteiger partial charge on any atom is -0.467 e. The van der Waals surface area contributed by atoms with E-state index in [9.17, 15) is 54.9 Å². The van der Waals surface area contributed by atoms with Crippen molar-refractivity contribution in [1.29, 1.82) is 0 Å². The summed E-state index contributed by atoms with van der Waals surface area (Å²) in [5, 5.41) is 74.9. The third-order valence-corrected chi connectivity index (χ3v) is 11.7. The normalized spacial score (nSPS) is 48.8. The predicted octanol–water partition coefficient (Wildman–Crippen LogP) is -3.17. The van der Waals surface area contributed by atoms with Crippen molar-refractivity contribution >= 4 is 23.7 Å². The molecule has 1 spiro atoms. The molecular weight excluding hydrogens is 656 g/mol. The number of rotatable bonds is 7. The quantitative estimate of drug-likeness (QED) is 0.102. The van der Waals surface area contributed by atoms with Gasteiger partial charge in [0.05, 0.1) is 44.4 Å². The van der Waals surface area contributed by atoms with E-state index >= 15 is 0 Å². The minimum atomic E-state index is -2.39. The van der Waals surface area contributed by atoms with Gasteiger partial charge >= 0.3 is 17.9 Å². The van der Waals surface area contributed by atoms with Crippen molar-refractivity contribution in [2.45, 2.75) is 107 Å². The number of carbonyl (C=O) groups excluding carboxylic acids is 4. The smallest absolute Gasteiger partial charge is 0.348 e. The van der Waals surface area contributed by atoms with Crippen LogP contribution in [-0.2, 0) is 47.6 Å². The Balaban J connectivity index is 1.47. The molecule has 7 N–H and O–H groups in total. The lowest BCUT2D eigenvalue weighted by molar-refractivity contribution is -0.296. The summed E-state index contributed by atoms with van der Waals surface area (Å²) >= 11 is 0. The number of ether oxygens (including phenoxy) is 6. The molecule has 3 aliphatic carbocycles. The van der Waals surface area contributed by atoms with Crippen molar-refractivity contribution in [3.63, 3.8) is 0 Å². The lowest BCUT2D eigenvalue weighted by Gasteiger charge is -2.67. The Morgan fingerprint density at radius 3 is 2.33 bits per heavy atom. The number of esters is 3. The molecule has 0 aromatic carbocycles. The van der Waals surface area contributed by atoms with Gasteiger partial charge in [-0.2, -0.15) is 0 Å². The second-order valence-electron chi connectivity index (χ2n) is 15.1. The zero-order valence-corrected chi connectivity index (χ0v) is 27.6. The second kappa shape index (κ2) is 11.9. The first kappa shape index (κ1) is 36.1. The van der Waals surface area contributed by atoms with E-state index in [1.807, 2.05) is 0 Å². The molecule has 16 atom stereocenters. The van der Waals surface area contributed by atoms with Crippen molar-refractivity contribution in [1.82, 2.24) is 0 Å². The van der Waals surface area contributed by atoms with Crippen LogP contribution in [-0.4, -0.2) is 146 Å². The first-order valence-electron chi connectivity index (χ1n) is 16.2. The molecule has 3 heterocycles. The Bertz CT molecular complexity index is 1420. The van der Waals surface area contributed by atoms with E-state index in [1.54, 1.807) is 13.8 Å². The maximum atomic E-state index is 13.8. The summed E-state index contributed by atoms with van der Waals surface area (Å²) in [4.78, 5) is 54.1. The molecule has 274 valence electrons. The minimum absolute atomic E-state index is 0.0136. The molecule has 0 radical (unpaired) electrons. The highest BCUT2D eigenvalue weighted by atomic mass is 16.7. The number of methoxy groups -OCH3 is 1. The topological polar surface area (TPSA) is 265 Å². The van der Waals surface area contributed by atoms with Gasteiger partial charge < -0.3 is 64.2 Å². The highest BCUT2D eigenvalue weighted by Gasteiger charge is 2.85. The molecule has 6 aliphatic rings. The van der Waals surface area contributed by atoms with E-state index in [4.69, 9.17) is 28.4 Å². The van der Waals surface area contributed by atoms with Crippen molar-refractivity contribution < 1.29 is 83.3 Å². The SMILES string of the molecule is COC(=O)[C@@]12OC[C@]34C([C@@H](O)C1O)[C@@]1(C)C=C(O[C@@H]5O[C@H](CO)[C@@H](O)[C@@H](O)[C@H]5O)C(=O)C(C)C1C[C@H]3OC(=O)[C@H](OC(=O)CC(C)(C)O)[C@H]42. The molecule has 49 heavy (non-hydrogen) atoms. The van der Waals surface area contributed by atoms with Gasteiger partial charge in [0.25, 0.3) is 0 Å². The van der Waals surface area contributed by atoms with Gasteiger partial charge in [0, 0.05) is 17.3 Å². The molecule has 17 nitrogen and oxygen atoms in total. The van der Waals surface area contributed by atoms with Gasteiger partial charge in [0.2, 0.25) is 18.0 Å². The molecule has 0 amide bonds. The molecule has 17 heteroatoms. The van der Waals surface area contributed by atoms with Crippen LogP contribution in [0.15, 0.2) is 11.8 Å². The fourth-order valence-corrected chi connectivity index (χ4v) is 9.71. The standard InChI is InChI=1S/C32H44O17/c1-11-12-6-15-31-10-45-32(28(42)44-5,24(31)22(26(41)48-15)49-16(34)8-29(2,3)43)25(40)21(39)23(31)30(12,4)7-13(17(11)35)46-27-20(38)19(37)18(36)14(9-33)47-27/h7,11-12,14-15,18-25,27,33,36-40,43H,6,8-10H2,1-5H3/t11?,12?,14-,15-,18-,19-,20-,21-,22-,23?,24-,25?,27-,30+,31-,32+/m1/s1. The molecule has 2 saturated carbocycles. The van der Waals surface area contributed by atoms with Gasteiger partial charge in [0.1, 0.15) is 36.6 Å². The van der Waals surface area contributed by atoms with Gasteiger partial charge in [-0.25, -0.2) is 9.59 Å². The average Bonchev–Trinajstić information content (AvgIpc) is 3.33. The van der Waals surface area contributed by atoms with E-state index < -0.39 is 138 Å². The van der Waals surface area contributed by atoms with Gasteiger partial charge in [-0.3, -0.25) is 9.59 Å². The van der Waals surface area contributed by atoms with E-state index in [1.165, 1.54) is 19.9 Å². The van der Waals surface area contributed by atoms with Crippen molar-refractivity contribution in [3.05, 3.63) is 11.8 Å². The summed E-state index contributed by atoms with van der Waals surface area (Å²) in [5.74, 6) is -8.25. The van der Waals surface area contributed by atoms with E-state index in [0.29, 0.717) is 0 Å². The number of allylic oxidation sites excluding steroid dienone is 2. The lowest BCUT2D eigenvalue weighted by atomic mass is 9.38. The molecule has 5 fully saturated rings. The highest BCUT2D eigenvalue weighted by molar-refractivity contribution is 5.96. The van der Waals surface area contributed by atoms with Crippen LogP contribution in [0.4, 0.5) is 0 Å². The maximum absolute atomic E-state index is 13.8. The molecule has 0 aromatic rings. The Morgan fingerprint density at radius 2 is 1.71 bits per heavy atom. The van der Waals surface area contributed by atoms with E-state index in [0.717, 1.165) is 7.11 Å². The zero-order chi connectivity index (χ0) is 36.2. The Hall–Kier alpha value is -2.74. The lowest BCUT2D eigenvalue weighted by Crippen LogP contribution is -2.79. The largest absolute Gasteiger partial charge is 0.467 e. The number of hydrogen-bond donors (Lipinski definition) is 7. The Kier molecular flexibility index (Phi) is 8.77. The van der Waals surface area contributed by atoms with Gasteiger partial charge in [-0.15, -0.1) is 0 Å². The van der Waals surface area contributed by atoms with Crippen LogP contribution in [0.2, 0.25) is 0 Å². The Morgan fingerprint density at radius 1 is 1.04 bits per heavy atom. The molecule has 3 aliphatic heterocycles. The summed E-state index contributed by atoms with van der Waals surface area (Å²) in [6.07, 6.45) is -14.2. The molecule has 6 rings (SSSR count). The first-order chi connectivity index (χ1) is 22.8. The third kappa shape index (κ3) is 4.99. The molecule has 0 aromatic heterocycles. The number of aliphatic hydroxyl groups excluding tert-OH is 6. The number of fused-ring (bicyclic) bond motifs is 2. The Labute approximate surface area is 280 Å². The number of ketones is 1. The third-order valence-electron chi connectivity index (χ3n) is 11.7. The van der Waals surface area contributed by atoms with Crippen LogP contribution >= 0.6 is 0 Å². The van der Waals surface area contributed by atoms with Gasteiger partial charge in [-0.05, 0) is 37.7 Å². The van der Waals surface area contributed by atoms with Gasteiger partial charge in [-0.1, -0.05) is 13.8 Å². The summed E-state index contributed by atoms with van der Waals surface area (Å²) < 4.78 is 34.0. The van der Waals surface area contributed by atoms with Crippen LogP contribution < -0.4 is 0 Å². The number of Topliss-reactive ketones (excluding diaryl/α,β-unsaturated/α-hetero) is 1. The fourth-order valence-electron chi connectivity index (χ4n) is 9.71. The van der Waals surface area contributed by atoms with E-state index in [2.05, 4.69) is 0 Å². The highest BCUT2D eigenvalue weighted by Crippen LogP contribution is 2.72. The predicted molar refractivity (Wildman–Crippen MR) is 156 cm³/mol. The summed E-state index contributed by atoms with van der Waals surface area (Å²) in [7, 11) is 1.03. The molecule has 2 bridgehead atoms. The summed E-state index contributed by atoms with van der Waals surface area (Å²) in [6.45, 7) is 4.87.